The third-order valence-corrected chi connectivity index (χ3v) is 4.35. The molecule has 0 radical (unpaired) electrons. The zero-order valence-electron chi connectivity index (χ0n) is 10.8. The second-order valence-corrected chi connectivity index (χ2v) is 5.53. The van der Waals surface area contributed by atoms with Gasteiger partial charge in [-0.25, -0.2) is 4.98 Å². The van der Waals surface area contributed by atoms with E-state index in [1.54, 1.807) is 0 Å². The number of ether oxygens (including phenoxy) is 1. The van der Waals surface area contributed by atoms with E-state index < -0.39 is 0 Å². The number of carbonyl (C=O) groups is 1. The number of carbonyl (C=O) groups excluding carboxylic acids is 1. The van der Waals surface area contributed by atoms with Crippen molar-refractivity contribution in [2.45, 2.75) is 26.2 Å². The summed E-state index contributed by atoms with van der Waals surface area (Å²) >= 11 is 1.51. The molecule has 19 heavy (non-hydrogen) atoms. The zero-order chi connectivity index (χ0) is 13.2. The van der Waals surface area contributed by atoms with Crippen LogP contribution in [0.3, 0.4) is 0 Å². The molecule has 0 spiro atoms. The first kappa shape index (κ1) is 12.4. The van der Waals surface area contributed by atoms with Gasteiger partial charge in [-0.1, -0.05) is 12.1 Å². The number of aromatic nitrogens is 1. The fourth-order valence-corrected chi connectivity index (χ4v) is 3.35. The predicted octanol–water partition coefficient (Wildman–Crippen LogP) is 3.73. The van der Waals surface area contributed by atoms with Crippen LogP contribution >= 0.6 is 11.3 Å². The van der Waals surface area contributed by atoms with Crippen molar-refractivity contribution < 1.29 is 9.53 Å². The minimum Gasteiger partial charge on any atom is -0.494 e. The van der Waals surface area contributed by atoms with Crippen molar-refractivity contribution in [2.24, 2.45) is 0 Å². The standard InChI is InChI=1S/C15H15NO2S/c1-2-18-11-6-3-5-10(9-11)15-16-12-7-4-8-13(17)14(12)19-15/h3,5-6,9H,2,4,7-8H2,1H3. The topological polar surface area (TPSA) is 39.2 Å². The maximum absolute atomic E-state index is 11.8. The molecule has 0 fully saturated rings. The molecule has 0 bridgehead atoms. The summed E-state index contributed by atoms with van der Waals surface area (Å²) in [5.41, 5.74) is 2.00. The Balaban J connectivity index is 1.98. The Hall–Kier alpha value is -1.68. The summed E-state index contributed by atoms with van der Waals surface area (Å²) in [7, 11) is 0. The Morgan fingerprint density at radius 3 is 3.05 bits per heavy atom. The lowest BCUT2D eigenvalue weighted by Crippen LogP contribution is -2.07. The van der Waals surface area contributed by atoms with E-state index in [2.05, 4.69) is 4.98 Å². The van der Waals surface area contributed by atoms with Crippen molar-refractivity contribution in [1.29, 1.82) is 0 Å². The molecule has 0 aliphatic heterocycles. The van der Waals surface area contributed by atoms with Crippen molar-refractivity contribution in [1.82, 2.24) is 4.98 Å². The summed E-state index contributed by atoms with van der Waals surface area (Å²) in [6.07, 6.45) is 2.50. The molecule has 0 N–H and O–H groups in total. The smallest absolute Gasteiger partial charge is 0.174 e. The normalized spacial score (nSPS) is 14.3. The maximum Gasteiger partial charge on any atom is 0.174 e. The Kier molecular flexibility index (Phi) is 3.34. The highest BCUT2D eigenvalue weighted by atomic mass is 32.1. The molecule has 0 saturated heterocycles. The zero-order valence-corrected chi connectivity index (χ0v) is 11.6. The first-order chi connectivity index (χ1) is 9.28. The van der Waals surface area contributed by atoms with E-state index >= 15 is 0 Å². The molecule has 0 amide bonds. The average molecular weight is 273 g/mol. The Labute approximate surface area is 116 Å². The van der Waals surface area contributed by atoms with Gasteiger partial charge in [-0.15, -0.1) is 11.3 Å². The van der Waals surface area contributed by atoms with Gasteiger partial charge >= 0.3 is 0 Å². The van der Waals surface area contributed by atoms with Gasteiger partial charge in [0.2, 0.25) is 0 Å². The Morgan fingerprint density at radius 1 is 1.37 bits per heavy atom. The van der Waals surface area contributed by atoms with Crippen LogP contribution in [0.1, 0.15) is 35.1 Å². The fraction of sp³-hybridized carbons (Fsp3) is 0.333. The van der Waals surface area contributed by atoms with Crippen LogP contribution in [-0.2, 0) is 6.42 Å². The largest absolute Gasteiger partial charge is 0.494 e. The highest BCUT2D eigenvalue weighted by molar-refractivity contribution is 7.17. The van der Waals surface area contributed by atoms with Crippen LogP contribution in [0.5, 0.6) is 5.75 Å². The molecule has 3 nitrogen and oxygen atoms in total. The molecular weight excluding hydrogens is 258 g/mol. The molecule has 0 saturated carbocycles. The van der Waals surface area contributed by atoms with E-state index in [0.717, 1.165) is 39.7 Å². The van der Waals surface area contributed by atoms with E-state index in [1.807, 2.05) is 31.2 Å². The van der Waals surface area contributed by atoms with Gasteiger partial charge < -0.3 is 4.74 Å². The minimum atomic E-state index is 0.242. The van der Waals surface area contributed by atoms with Crippen molar-refractivity contribution in [2.75, 3.05) is 6.61 Å². The lowest BCUT2D eigenvalue weighted by atomic mass is 10.0. The SMILES string of the molecule is CCOc1cccc(-c2nc3c(s2)C(=O)CCC3)c1. The molecular formula is C15H15NO2S. The number of benzene rings is 1. The summed E-state index contributed by atoms with van der Waals surface area (Å²) < 4.78 is 5.50. The van der Waals surface area contributed by atoms with Crippen LogP contribution < -0.4 is 4.74 Å². The second kappa shape index (κ2) is 5.13. The van der Waals surface area contributed by atoms with Gasteiger partial charge in [-0.05, 0) is 31.9 Å². The number of ketones is 1. The molecule has 4 heteroatoms. The van der Waals surface area contributed by atoms with Crippen molar-refractivity contribution in [3.05, 3.63) is 34.8 Å². The molecule has 98 valence electrons. The van der Waals surface area contributed by atoms with Gasteiger partial charge in [-0.3, -0.25) is 4.79 Å². The Morgan fingerprint density at radius 2 is 2.26 bits per heavy atom. The predicted molar refractivity (Wildman–Crippen MR) is 76.0 cm³/mol. The highest BCUT2D eigenvalue weighted by Crippen LogP contribution is 2.33. The number of Topliss-reactive ketones (excluding diaryl/α,β-unsaturated/α-hetero) is 1. The summed E-state index contributed by atoms with van der Waals surface area (Å²) in [6, 6.07) is 7.89. The van der Waals surface area contributed by atoms with Gasteiger partial charge in [0.15, 0.2) is 5.78 Å². The van der Waals surface area contributed by atoms with Crippen LogP contribution in [0.2, 0.25) is 0 Å². The van der Waals surface area contributed by atoms with E-state index in [1.165, 1.54) is 11.3 Å². The van der Waals surface area contributed by atoms with E-state index in [0.29, 0.717) is 13.0 Å². The van der Waals surface area contributed by atoms with E-state index in [9.17, 15) is 4.79 Å². The third-order valence-electron chi connectivity index (χ3n) is 3.16. The van der Waals surface area contributed by atoms with Crippen LogP contribution in [0.4, 0.5) is 0 Å². The highest BCUT2D eigenvalue weighted by Gasteiger charge is 2.22. The van der Waals surface area contributed by atoms with Crippen molar-refractivity contribution in [3.8, 4) is 16.3 Å². The van der Waals surface area contributed by atoms with Crippen LogP contribution in [0.25, 0.3) is 10.6 Å². The van der Waals surface area contributed by atoms with Crippen LogP contribution in [0.15, 0.2) is 24.3 Å². The number of fused-ring (bicyclic) bond motifs is 1. The van der Waals surface area contributed by atoms with Gasteiger partial charge in [0.1, 0.15) is 10.8 Å². The summed E-state index contributed by atoms with van der Waals surface area (Å²) in [5, 5.41) is 0.918. The molecule has 1 aromatic heterocycles. The van der Waals surface area contributed by atoms with Crippen LogP contribution in [-0.4, -0.2) is 17.4 Å². The summed E-state index contributed by atoms with van der Waals surface area (Å²) in [6.45, 7) is 2.61. The number of thiazole rings is 1. The van der Waals surface area contributed by atoms with Crippen molar-refractivity contribution >= 4 is 17.1 Å². The molecule has 0 atom stereocenters. The summed E-state index contributed by atoms with van der Waals surface area (Å²) in [4.78, 5) is 17.3. The number of nitrogens with zero attached hydrogens (tertiary/aromatic N) is 1. The van der Waals surface area contributed by atoms with Gasteiger partial charge in [0, 0.05) is 12.0 Å². The maximum atomic E-state index is 11.8. The summed E-state index contributed by atoms with van der Waals surface area (Å²) in [5.74, 6) is 1.09. The third kappa shape index (κ3) is 2.40. The quantitative estimate of drug-likeness (QED) is 0.855. The van der Waals surface area contributed by atoms with Gasteiger partial charge in [0.25, 0.3) is 0 Å². The fourth-order valence-electron chi connectivity index (χ4n) is 2.28. The molecule has 1 aromatic carbocycles. The van der Waals surface area contributed by atoms with Crippen molar-refractivity contribution in [3.63, 3.8) is 0 Å². The van der Waals surface area contributed by atoms with Gasteiger partial charge in [0.05, 0.1) is 17.2 Å². The van der Waals surface area contributed by atoms with Crippen LogP contribution in [0, 0.1) is 0 Å². The molecule has 0 unspecified atom stereocenters. The second-order valence-electron chi connectivity index (χ2n) is 4.53. The number of aryl methyl sites for hydroxylation is 1. The monoisotopic (exact) mass is 273 g/mol. The average Bonchev–Trinajstić information content (AvgIpc) is 2.85. The molecule has 1 heterocycles. The van der Waals surface area contributed by atoms with E-state index in [4.69, 9.17) is 4.74 Å². The molecule has 2 aromatic rings. The number of hydrogen-bond donors (Lipinski definition) is 0. The number of hydrogen-bond acceptors (Lipinski definition) is 4. The molecule has 3 rings (SSSR count). The van der Waals surface area contributed by atoms with E-state index in [-0.39, 0.29) is 5.78 Å². The lowest BCUT2D eigenvalue weighted by Gasteiger charge is -2.06. The molecule has 1 aliphatic rings. The Bertz CT molecular complexity index is 618. The van der Waals surface area contributed by atoms with Gasteiger partial charge in [-0.2, -0.15) is 0 Å². The number of rotatable bonds is 3. The first-order valence-electron chi connectivity index (χ1n) is 6.54. The minimum absolute atomic E-state index is 0.242. The lowest BCUT2D eigenvalue weighted by molar-refractivity contribution is 0.0976. The first-order valence-corrected chi connectivity index (χ1v) is 7.35. The molecule has 1 aliphatic carbocycles.